The average molecular weight is 518 g/mol. The number of nitrogens with two attached hydrogens (primary N) is 1. The monoisotopic (exact) mass is 517 g/mol. The number of anilines is 1. The Morgan fingerprint density at radius 2 is 1.81 bits per heavy atom. The molecule has 3 aromatic rings. The molecule has 4 atom stereocenters. The van der Waals surface area contributed by atoms with Crippen molar-refractivity contribution >= 4 is 28.9 Å². The molecule has 3 heterocycles. The van der Waals surface area contributed by atoms with Crippen LogP contribution in [0.25, 0.3) is 11.2 Å². The van der Waals surface area contributed by atoms with Gasteiger partial charge in [0.15, 0.2) is 23.9 Å². The van der Waals surface area contributed by atoms with Gasteiger partial charge in [-0.1, -0.05) is 30.3 Å². The number of aliphatic hydroxyl groups excluding tert-OH is 1. The number of carbonyl (C=O) groups excluding carboxylic acids is 2. The number of nitrogen functional groups attached to an aromatic ring is 1. The lowest BCUT2D eigenvalue weighted by atomic mass is 9.93. The molecule has 0 saturated carbocycles. The van der Waals surface area contributed by atoms with Crippen LogP contribution in [0.2, 0.25) is 0 Å². The average Bonchev–Trinajstić information content (AvgIpc) is 3.44. The molecule has 0 unspecified atom stereocenters. The largest absolute Gasteiger partial charge is 0.463 e. The number of carbonyl (C=O) groups is 2. The molecule has 198 valence electrons. The van der Waals surface area contributed by atoms with E-state index in [2.05, 4.69) is 15.0 Å². The van der Waals surface area contributed by atoms with E-state index in [0.717, 1.165) is 0 Å². The number of hydrogen-bond donors (Lipinski definition) is 2. The SMILES string of the molecule is CCOC(=O)C(Cc1ccccc1)(OC[C@H]1O[C@@H](n2cnc3c(N)ncnc32)[C@H](F)[C@@H]1O)C(=O)OCC. The Hall–Kier alpha value is -3.68. The molecular weight excluding hydrogens is 489 g/mol. The van der Waals surface area contributed by atoms with Crippen molar-refractivity contribution in [3.8, 4) is 0 Å². The summed E-state index contributed by atoms with van der Waals surface area (Å²) in [5.41, 5.74) is 4.66. The van der Waals surface area contributed by atoms with Gasteiger partial charge in [-0.2, -0.15) is 0 Å². The van der Waals surface area contributed by atoms with Gasteiger partial charge in [0.05, 0.1) is 26.1 Å². The molecule has 1 saturated heterocycles. The predicted octanol–water partition coefficient (Wildman–Crippen LogP) is 1.13. The van der Waals surface area contributed by atoms with Gasteiger partial charge in [-0.15, -0.1) is 0 Å². The fraction of sp³-hybridized carbons (Fsp3) is 0.458. The molecule has 2 aromatic heterocycles. The molecule has 0 spiro atoms. The second-order valence-electron chi connectivity index (χ2n) is 8.32. The summed E-state index contributed by atoms with van der Waals surface area (Å²) in [6, 6.07) is 8.68. The second-order valence-corrected chi connectivity index (χ2v) is 8.32. The van der Waals surface area contributed by atoms with Crippen molar-refractivity contribution in [1.82, 2.24) is 19.5 Å². The van der Waals surface area contributed by atoms with Crippen LogP contribution in [0.1, 0.15) is 25.6 Å². The van der Waals surface area contributed by atoms with Gasteiger partial charge in [0, 0.05) is 6.42 Å². The molecule has 1 aromatic carbocycles. The van der Waals surface area contributed by atoms with E-state index < -0.39 is 48.8 Å². The van der Waals surface area contributed by atoms with Crippen molar-refractivity contribution in [2.45, 2.75) is 50.5 Å². The number of imidazole rings is 1. The lowest BCUT2D eigenvalue weighted by Gasteiger charge is -2.30. The third-order valence-electron chi connectivity index (χ3n) is 5.96. The molecule has 0 bridgehead atoms. The summed E-state index contributed by atoms with van der Waals surface area (Å²) in [6.07, 6.45) is -3.87. The maximum atomic E-state index is 15.2. The Kier molecular flexibility index (Phi) is 7.95. The predicted molar refractivity (Wildman–Crippen MR) is 127 cm³/mol. The van der Waals surface area contributed by atoms with Gasteiger partial charge in [0.25, 0.3) is 5.60 Å². The molecule has 37 heavy (non-hydrogen) atoms. The van der Waals surface area contributed by atoms with Crippen molar-refractivity contribution in [1.29, 1.82) is 0 Å². The Morgan fingerprint density at radius 1 is 1.14 bits per heavy atom. The van der Waals surface area contributed by atoms with Crippen molar-refractivity contribution < 1.29 is 38.0 Å². The number of ether oxygens (including phenoxy) is 4. The van der Waals surface area contributed by atoms with Crippen molar-refractivity contribution in [2.24, 2.45) is 0 Å². The number of rotatable bonds is 10. The van der Waals surface area contributed by atoms with E-state index in [-0.39, 0.29) is 36.6 Å². The summed E-state index contributed by atoms with van der Waals surface area (Å²) in [6.45, 7) is 2.61. The third kappa shape index (κ3) is 5.10. The fourth-order valence-corrected chi connectivity index (χ4v) is 4.12. The van der Waals surface area contributed by atoms with E-state index in [4.69, 9.17) is 24.7 Å². The minimum absolute atomic E-state index is 0.0198. The fourth-order valence-electron chi connectivity index (χ4n) is 4.12. The van der Waals surface area contributed by atoms with Crippen LogP contribution >= 0.6 is 0 Å². The first-order valence-corrected chi connectivity index (χ1v) is 11.7. The molecular formula is C24H28FN5O7. The standard InChI is InChI=1S/C24H28FN5O7/c1-3-34-22(32)24(23(33)35-4-2,10-14-8-6-5-7-9-14)36-11-15-18(31)16(25)21(37-15)30-13-29-17-19(26)27-12-28-20(17)30/h5-9,12-13,15-16,18,21,31H,3-4,10-11H2,1-2H3,(H2,26,27,28)/t15-,16-,18-,21-/m1/s1. The summed E-state index contributed by atoms with van der Waals surface area (Å²) in [5.74, 6) is -1.83. The molecule has 13 heteroatoms. The Balaban J connectivity index is 1.60. The van der Waals surface area contributed by atoms with Crippen LogP contribution in [0.4, 0.5) is 10.2 Å². The van der Waals surface area contributed by atoms with Crippen LogP contribution in [0.3, 0.4) is 0 Å². The zero-order valence-corrected chi connectivity index (χ0v) is 20.3. The van der Waals surface area contributed by atoms with Gasteiger partial charge in [0.2, 0.25) is 0 Å². The number of halogens is 1. The van der Waals surface area contributed by atoms with Crippen molar-refractivity contribution in [3.05, 3.63) is 48.5 Å². The first kappa shape index (κ1) is 26.4. The van der Waals surface area contributed by atoms with Gasteiger partial charge in [-0.05, 0) is 19.4 Å². The van der Waals surface area contributed by atoms with Gasteiger partial charge in [-0.25, -0.2) is 28.9 Å². The lowest BCUT2D eigenvalue weighted by Crippen LogP contribution is -2.54. The van der Waals surface area contributed by atoms with E-state index in [1.165, 1.54) is 17.2 Å². The highest BCUT2D eigenvalue weighted by Crippen LogP contribution is 2.35. The molecule has 3 N–H and O–H groups in total. The third-order valence-corrected chi connectivity index (χ3v) is 5.96. The number of fused-ring (bicyclic) bond motifs is 1. The first-order chi connectivity index (χ1) is 17.8. The van der Waals surface area contributed by atoms with Crippen molar-refractivity contribution in [3.63, 3.8) is 0 Å². The number of alkyl halides is 1. The minimum Gasteiger partial charge on any atom is -0.463 e. The topological polar surface area (TPSA) is 161 Å². The Morgan fingerprint density at radius 3 is 2.46 bits per heavy atom. The minimum atomic E-state index is -2.20. The quantitative estimate of drug-likeness (QED) is 0.293. The summed E-state index contributed by atoms with van der Waals surface area (Å²) in [5, 5.41) is 10.6. The number of hydrogen-bond acceptors (Lipinski definition) is 11. The van der Waals surface area contributed by atoms with E-state index in [0.29, 0.717) is 5.56 Å². The van der Waals surface area contributed by atoms with Crippen molar-refractivity contribution in [2.75, 3.05) is 25.6 Å². The van der Waals surface area contributed by atoms with Crippen LogP contribution in [-0.2, 0) is 35.0 Å². The van der Waals surface area contributed by atoms with E-state index in [9.17, 15) is 14.7 Å². The first-order valence-electron chi connectivity index (χ1n) is 11.7. The summed E-state index contributed by atoms with van der Waals surface area (Å²) in [4.78, 5) is 38.2. The number of esters is 2. The number of aliphatic hydroxyl groups is 1. The number of nitrogens with zero attached hydrogens (tertiary/aromatic N) is 4. The molecule has 0 radical (unpaired) electrons. The molecule has 12 nitrogen and oxygen atoms in total. The maximum absolute atomic E-state index is 15.2. The highest BCUT2D eigenvalue weighted by Gasteiger charge is 2.53. The lowest BCUT2D eigenvalue weighted by molar-refractivity contribution is -0.197. The van der Waals surface area contributed by atoms with Gasteiger partial charge in [-0.3, -0.25) is 4.57 Å². The van der Waals surface area contributed by atoms with Gasteiger partial charge in [0.1, 0.15) is 24.1 Å². The highest BCUT2D eigenvalue weighted by molar-refractivity contribution is 6.04. The van der Waals surface area contributed by atoms with E-state index >= 15 is 4.39 Å². The highest BCUT2D eigenvalue weighted by atomic mass is 19.1. The zero-order valence-electron chi connectivity index (χ0n) is 20.3. The van der Waals surface area contributed by atoms with E-state index in [1.807, 2.05) is 0 Å². The molecule has 0 amide bonds. The maximum Gasteiger partial charge on any atom is 0.350 e. The van der Waals surface area contributed by atoms with Crippen LogP contribution in [0.5, 0.6) is 0 Å². The number of aromatic nitrogens is 4. The zero-order chi connectivity index (χ0) is 26.6. The molecule has 4 rings (SSSR count). The second kappa shape index (κ2) is 11.2. The van der Waals surface area contributed by atoms with E-state index in [1.54, 1.807) is 44.2 Å². The molecule has 1 fully saturated rings. The summed E-state index contributed by atoms with van der Waals surface area (Å²) in [7, 11) is 0. The van der Waals surface area contributed by atoms with Crippen LogP contribution < -0.4 is 5.73 Å². The Bertz CT molecular complexity index is 1220. The summed E-state index contributed by atoms with van der Waals surface area (Å²) < 4.78 is 38.5. The Labute approximate surface area is 211 Å². The summed E-state index contributed by atoms with van der Waals surface area (Å²) >= 11 is 0. The van der Waals surface area contributed by atoms with Crippen LogP contribution in [-0.4, -0.2) is 80.4 Å². The smallest absolute Gasteiger partial charge is 0.350 e. The normalized spacial score (nSPS) is 21.7. The molecule has 0 aliphatic carbocycles. The number of benzene rings is 1. The molecule has 1 aliphatic heterocycles. The van der Waals surface area contributed by atoms with Crippen LogP contribution in [0.15, 0.2) is 43.0 Å². The molecule has 1 aliphatic rings. The van der Waals surface area contributed by atoms with Gasteiger partial charge >= 0.3 is 11.9 Å². The van der Waals surface area contributed by atoms with Gasteiger partial charge < -0.3 is 29.8 Å². The van der Waals surface area contributed by atoms with Crippen LogP contribution in [0, 0.1) is 0 Å².